The number of rotatable bonds is 5. The number of fused-ring (bicyclic) bond motifs is 1. The van der Waals surface area contributed by atoms with Crippen molar-refractivity contribution in [3.05, 3.63) is 83.4 Å². The molecule has 0 fully saturated rings. The fourth-order valence-electron chi connectivity index (χ4n) is 3.09. The molecule has 1 heterocycles. The van der Waals surface area contributed by atoms with Crippen LogP contribution in [0.2, 0.25) is 0 Å². The van der Waals surface area contributed by atoms with Crippen LogP contribution < -0.4 is 9.47 Å². The van der Waals surface area contributed by atoms with Gasteiger partial charge in [0.25, 0.3) is 5.91 Å². The molecule has 0 aliphatic carbocycles. The average Bonchev–Trinajstić information content (AvgIpc) is 3.22. The number of hydrogen-bond donors (Lipinski definition) is 0. The number of nitrogens with zero attached hydrogens (tertiary/aromatic N) is 2. The summed E-state index contributed by atoms with van der Waals surface area (Å²) in [5.41, 5.74) is 2.16. The van der Waals surface area contributed by atoms with Crippen LogP contribution in [-0.2, 0) is 6.54 Å². The first-order valence-corrected chi connectivity index (χ1v) is 9.87. The van der Waals surface area contributed by atoms with E-state index in [-0.39, 0.29) is 12.7 Å². The molecule has 0 unspecified atom stereocenters. The van der Waals surface area contributed by atoms with E-state index < -0.39 is 0 Å². The van der Waals surface area contributed by atoms with Crippen LogP contribution in [0.4, 0.5) is 0 Å². The minimum Gasteiger partial charge on any atom is -0.454 e. The Labute approximate surface area is 173 Å². The number of amides is 1. The fourth-order valence-corrected chi connectivity index (χ4v) is 4.11. The monoisotopic (exact) mass is 402 g/mol. The summed E-state index contributed by atoms with van der Waals surface area (Å²) in [6, 6.07) is 22.7. The summed E-state index contributed by atoms with van der Waals surface area (Å²) in [4.78, 5) is 16.5. The average molecular weight is 402 g/mol. The standard InChI is InChI=1S/C23H18N2O3S/c1-25(14-16-10-11-19-20(12-16)28-15-27-19)23(26)18-7-3-5-9-22(18)29-21-8-4-2-6-17(21)13-24/h2-12H,14-15H2,1H3. The lowest BCUT2D eigenvalue weighted by atomic mass is 10.1. The molecule has 0 aromatic heterocycles. The molecule has 3 aromatic rings. The van der Waals surface area contributed by atoms with Crippen LogP contribution in [0.5, 0.6) is 11.5 Å². The summed E-state index contributed by atoms with van der Waals surface area (Å²) >= 11 is 1.43. The second kappa shape index (κ2) is 8.29. The third-order valence-corrected chi connectivity index (χ3v) is 5.70. The SMILES string of the molecule is CN(Cc1ccc2c(c1)OCO2)C(=O)c1ccccc1Sc1ccccc1C#N. The van der Waals surface area contributed by atoms with Crippen LogP contribution in [-0.4, -0.2) is 24.6 Å². The molecule has 0 bridgehead atoms. The predicted octanol–water partition coefficient (Wildman–Crippen LogP) is 4.71. The van der Waals surface area contributed by atoms with Gasteiger partial charge in [0, 0.05) is 23.4 Å². The lowest BCUT2D eigenvalue weighted by molar-refractivity contribution is 0.0781. The van der Waals surface area contributed by atoms with Crippen LogP contribution in [0, 0.1) is 11.3 Å². The van der Waals surface area contributed by atoms with Gasteiger partial charge in [0.15, 0.2) is 11.5 Å². The molecule has 0 spiro atoms. The maximum Gasteiger partial charge on any atom is 0.255 e. The summed E-state index contributed by atoms with van der Waals surface area (Å²) < 4.78 is 10.8. The second-order valence-corrected chi connectivity index (χ2v) is 7.64. The van der Waals surface area contributed by atoms with E-state index in [2.05, 4.69) is 6.07 Å². The van der Waals surface area contributed by atoms with Crippen molar-refractivity contribution in [2.45, 2.75) is 16.3 Å². The van der Waals surface area contributed by atoms with E-state index in [1.54, 1.807) is 18.0 Å². The minimum atomic E-state index is -0.0831. The van der Waals surface area contributed by atoms with E-state index in [9.17, 15) is 10.1 Å². The maximum atomic E-state index is 13.1. The van der Waals surface area contributed by atoms with E-state index in [1.165, 1.54) is 11.8 Å². The molecule has 1 amide bonds. The van der Waals surface area contributed by atoms with E-state index >= 15 is 0 Å². The van der Waals surface area contributed by atoms with Crippen molar-refractivity contribution in [2.24, 2.45) is 0 Å². The lowest BCUT2D eigenvalue weighted by Crippen LogP contribution is -2.26. The molecule has 29 heavy (non-hydrogen) atoms. The normalized spacial score (nSPS) is 11.7. The Hall–Kier alpha value is -3.43. The highest BCUT2D eigenvalue weighted by Crippen LogP contribution is 2.34. The number of ether oxygens (including phenoxy) is 2. The second-order valence-electron chi connectivity index (χ2n) is 6.56. The zero-order chi connectivity index (χ0) is 20.2. The van der Waals surface area contributed by atoms with Crippen molar-refractivity contribution in [3.8, 4) is 17.6 Å². The number of benzene rings is 3. The molecule has 3 aromatic carbocycles. The summed E-state index contributed by atoms with van der Waals surface area (Å²) in [6.45, 7) is 0.672. The van der Waals surface area contributed by atoms with Crippen LogP contribution >= 0.6 is 11.8 Å². The third kappa shape index (κ3) is 4.05. The minimum absolute atomic E-state index is 0.0831. The molecule has 0 N–H and O–H groups in total. The molecule has 144 valence electrons. The number of hydrogen-bond acceptors (Lipinski definition) is 5. The van der Waals surface area contributed by atoms with Crippen molar-refractivity contribution >= 4 is 17.7 Å². The van der Waals surface area contributed by atoms with E-state index in [1.807, 2.05) is 60.7 Å². The number of carbonyl (C=O) groups is 1. The Morgan fingerprint density at radius 2 is 1.76 bits per heavy atom. The van der Waals surface area contributed by atoms with Gasteiger partial charge < -0.3 is 14.4 Å². The first-order chi connectivity index (χ1) is 14.2. The maximum absolute atomic E-state index is 13.1. The topological polar surface area (TPSA) is 62.6 Å². The predicted molar refractivity (Wildman–Crippen MR) is 110 cm³/mol. The molecular formula is C23H18N2O3S. The van der Waals surface area contributed by atoms with E-state index in [4.69, 9.17) is 9.47 Å². The van der Waals surface area contributed by atoms with Crippen molar-refractivity contribution < 1.29 is 14.3 Å². The van der Waals surface area contributed by atoms with E-state index in [0.29, 0.717) is 23.4 Å². The van der Waals surface area contributed by atoms with Crippen molar-refractivity contribution in [1.82, 2.24) is 4.90 Å². The lowest BCUT2D eigenvalue weighted by Gasteiger charge is -2.19. The van der Waals surface area contributed by atoms with Crippen molar-refractivity contribution in [2.75, 3.05) is 13.8 Å². The van der Waals surface area contributed by atoms with Gasteiger partial charge >= 0.3 is 0 Å². The summed E-state index contributed by atoms with van der Waals surface area (Å²) in [6.07, 6.45) is 0. The summed E-state index contributed by atoms with van der Waals surface area (Å²) in [7, 11) is 1.78. The van der Waals surface area contributed by atoms with Gasteiger partial charge in [-0.1, -0.05) is 42.1 Å². The molecular weight excluding hydrogens is 384 g/mol. The molecule has 4 rings (SSSR count). The molecule has 0 saturated carbocycles. The highest BCUT2D eigenvalue weighted by molar-refractivity contribution is 7.99. The van der Waals surface area contributed by atoms with Crippen LogP contribution in [0.15, 0.2) is 76.5 Å². The third-order valence-electron chi connectivity index (χ3n) is 4.55. The first kappa shape index (κ1) is 18.9. The smallest absolute Gasteiger partial charge is 0.255 e. The fraction of sp³-hybridized carbons (Fsp3) is 0.130. The summed E-state index contributed by atoms with van der Waals surface area (Å²) in [5.74, 6) is 1.34. The summed E-state index contributed by atoms with van der Waals surface area (Å²) in [5, 5.41) is 9.34. The number of nitriles is 1. The number of carbonyl (C=O) groups excluding carboxylic acids is 1. The van der Waals surface area contributed by atoms with Gasteiger partial charge in [-0.3, -0.25) is 4.79 Å². The zero-order valence-corrected chi connectivity index (χ0v) is 16.6. The highest BCUT2D eigenvalue weighted by atomic mass is 32.2. The van der Waals surface area contributed by atoms with Crippen LogP contribution in [0.1, 0.15) is 21.5 Å². The van der Waals surface area contributed by atoms with Gasteiger partial charge in [-0.05, 0) is 42.0 Å². The molecule has 1 aliphatic rings. The quantitative estimate of drug-likeness (QED) is 0.618. The van der Waals surface area contributed by atoms with Gasteiger partial charge in [-0.15, -0.1) is 0 Å². The van der Waals surface area contributed by atoms with Gasteiger partial charge in [-0.2, -0.15) is 5.26 Å². The van der Waals surface area contributed by atoms with Crippen molar-refractivity contribution in [1.29, 1.82) is 5.26 Å². The molecule has 1 aliphatic heterocycles. The highest BCUT2D eigenvalue weighted by Gasteiger charge is 2.19. The first-order valence-electron chi connectivity index (χ1n) is 9.05. The molecule has 0 saturated heterocycles. The zero-order valence-electron chi connectivity index (χ0n) is 15.8. The molecule has 5 nitrogen and oxygen atoms in total. The van der Waals surface area contributed by atoms with Crippen LogP contribution in [0.25, 0.3) is 0 Å². The Bertz CT molecular complexity index is 1110. The Kier molecular flexibility index (Phi) is 5.41. The molecule has 0 radical (unpaired) electrons. The van der Waals surface area contributed by atoms with Gasteiger partial charge in [0.2, 0.25) is 6.79 Å². The Morgan fingerprint density at radius 3 is 2.59 bits per heavy atom. The van der Waals surface area contributed by atoms with Crippen molar-refractivity contribution in [3.63, 3.8) is 0 Å². The molecule has 0 atom stereocenters. The van der Waals surface area contributed by atoms with E-state index in [0.717, 1.165) is 21.1 Å². The largest absolute Gasteiger partial charge is 0.454 e. The van der Waals surface area contributed by atoms with Gasteiger partial charge in [0.05, 0.1) is 11.1 Å². The Morgan fingerprint density at radius 1 is 1.03 bits per heavy atom. The van der Waals surface area contributed by atoms with Crippen LogP contribution in [0.3, 0.4) is 0 Å². The Balaban J connectivity index is 1.55. The van der Waals surface area contributed by atoms with Gasteiger partial charge in [0.1, 0.15) is 6.07 Å². The van der Waals surface area contributed by atoms with Gasteiger partial charge in [-0.25, -0.2) is 0 Å². The molecule has 6 heteroatoms.